The molecule has 7 heteroatoms. The smallest absolute Gasteiger partial charge is 0.339 e. The van der Waals surface area contributed by atoms with Crippen molar-refractivity contribution in [2.75, 3.05) is 5.32 Å². The van der Waals surface area contributed by atoms with Crippen molar-refractivity contribution in [2.24, 2.45) is 0 Å². The first-order valence-corrected chi connectivity index (χ1v) is 6.61. The predicted molar refractivity (Wildman–Crippen MR) is 78.3 cm³/mol. The molecule has 0 atom stereocenters. The number of aromatic carboxylic acids is 1. The van der Waals surface area contributed by atoms with E-state index in [-0.39, 0.29) is 11.4 Å². The van der Waals surface area contributed by atoms with Crippen LogP contribution in [-0.4, -0.2) is 22.0 Å². The molecular formula is C13H8BrClN2O3. The van der Waals surface area contributed by atoms with E-state index < -0.39 is 11.9 Å². The number of hydrogen-bond acceptors (Lipinski definition) is 3. The molecule has 0 aliphatic carbocycles. The molecule has 0 fully saturated rings. The molecule has 0 bridgehead atoms. The van der Waals surface area contributed by atoms with E-state index >= 15 is 0 Å². The van der Waals surface area contributed by atoms with Crippen molar-refractivity contribution in [3.8, 4) is 0 Å². The molecule has 0 spiro atoms. The van der Waals surface area contributed by atoms with Crippen molar-refractivity contribution in [2.45, 2.75) is 0 Å². The number of benzene rings is 1. The highest BCUT2D eigenvalue weighted by Crippen LogP contribution is 2.22. The number of carboxylic acid groups (broad SMARTS) is 1. The Kier molecular flexibility index (Phi) is 4.36. The molecule has 0 aliphatic heterocycles. The molecule has 1 aromatic heterocycles. The number of halogens is 2. The largest absolute Gasteiger partial charge is 0.478 e. The van der Waals surface area contributed by atoms with Crippen molar-refractivity contribution in [3.63, 3.8) is 0 Å². The Morgan fingerprint density at radius 3 is 2.70 bits per heavy atom. The second-order valence-electron chi connectivity index (χ2n) is 3.78. The Hall–Kier alpha value is -1.92. The number of nitrogens with zero attached hydrogens (tertiary/aromatic N) is 1. The van der Waals surface area contributed by atoms with Gasteiger partial charge in [0.25, 0.3) is 5.91 Å². The summed E-state index contributed by atoms with van der Waals surface area (Å²) in [5.74, 6) is -1.68. The van der Waals surface area contributed by atoms with E-state index in [2.05, 4.69) is 26.2 Å². The first-order chi connectivity index (χ1) is 9.49. The van der Waals surface area contributed by atoms with Gasteiger partial charge in [0.1, 0.15) is 11.4 Å². The van der Waals surface area contributed by atoms with Crippen molar-refractivity contribution in [1.29, 1.82) is 0 Å². The minimum Gasteiger partial charge on any atom is -0.478 e. The summed E-state index contributed by atoms with van der Waals surface area (Å²) in [5.41, 5.74) is 0.207. The van der Waals surface area contributed by atoms with E-state index in [1.807, 2.05) is 0 Å². The molecule has 102 valence electrons. The number of carboxylic acids is 1. The maximum absolute atomic E-state index is 12.1. The van der Waals surface area contributed by atoms with Crippen LogP contribution < -0.4 is 5.32 Å². The second kappa shape index (κ2) is 6.02. The van der Waals surface area contributed by atoms with Gasteiger partial charge in [0.15, 0.2) is 0 Å². The van der Waals surface area contributed by atoms with E-state index in [4.69, 9.17) is 16.7 Å². The van der Waals surface area contributed by atoms with Crippen LogP contribution in [0, 0.1) is 0 Å². The zero-order valence-corrected chi connectivity index (χ0v) is 12.3. The molecule has 0 aliphatic rings. The maximum atomic E-state index is 12.1. The van der Waals surface area contributed by atoms with Crippen LogP contribution in [0.1, 0.15) is 20.7 Å². The molecule has 0 saturated carbocycles. The minimum absolute atomic E-state index is 0.0168. The average Bonchev–Trinajstić information content (AvgIpc) is 2.41. The van der Waals surface area contributed by atoms with Gasteiger partial charge in [-0.1, -0.05) is 11.6 Å². The lowest BCUT2D eigenvalue weighted by atomic mass is 10.2. The van der Waals surface area contributed by atoms with Gasteiger partial charge in [-0.2, -0.15) is 0 Å². The number of aromatic nitrogens is 1. The molecule has 2 N–H and O–H groups in total. The van der Waals surface area contributed by atoms with Crippen LogP contribution in [0.5, 0.6) is 0 Å². The lowest BCUT2D eigenvalue weighted by Crippen LogP contribution is -2.16. The lowest BCUT2D eigenvalue weighted by Gasteiger charge is -2.08. The highest BCUT2D eigenvalue weighted by Gasteiger charge is 2.16. The summed E-state index contributed by atoms with van der Waals surface area (Å²) in [6.07, 6.45) is 1.40. The number of nitrogens with one attached hydrogen (secondary N) is 1. The molecule has 0 unspecified atom stereocenters. The SMILES string of the molecule is O=C(Nc1ncccc1C(=O)O)c1cc(Cl)ccc1Br. The Morgan fingerprint density at radius 2 is 2.00 bits per heavy atom. The second-order valence-corrected chi connectivity index (χ2v) is 5.07. The predicted octanol–water partition coefficient (Wildman–Crippen LogP) is 3.45. The number of amides is 1. The minimum atomic E-state index is -1.17. The van der Waals surface area contributed by atoms with Gasteiger partial charge in [-0.15, -0.1) is 0 Å². The van der Waals surface area contributed by atoms with E-state index in [9.17, 15) is 9.59 Å². The third-order valence-corrected chi connectivity index (χ3v) is 3.37. The molecule has 20 heavy (non-hydrogen) atoms. The summed E-state index contributed by atoms with van der Waals surface area (Å²) in [4.78, 5) is 27.0. The highest BCUT2D eigenvalue weighted by atomic mass is 79.9. The summed E-state index contributed by atoms with van der Waals surface area (Å²) >= 11 is 9.07. The average molecular weight is 356 g/mol. The van der Waals surface area contributed by atoms with E-state index in [1.54, 1.807) is 12.1 Å². The number of anilines is 1. The topological polar surface area (TPSA) is 79.3 Å². The third-order valence-electron chi connectivity index (χ3n) is 2.44. The standard InChI is InChI=1S/C13H8BrClN2O3/c14-10-4-3-7(15)6-9(10)12(18)17-11-8(13(19)20)2-1-5-16-11/h1-6H,(H,19,20)(H,16,17,18). The van der Waals surface area contributed by atoms with Crippen molar-refractivity contribution >= 4 is 45.2 Å². The fraction of sp³-hybridized carbons (Fsp3) is 0. The molecule has 2 aromatic rings. The van der Waals surface area contributed by atoms with Gasteiger partial charge in [0.05, 0.1) is 5.56 Å². The van der Waals surface area contributed by atoms with Gasteiger partial charge in [0, 0.05) is 15.7 Å². The van der Waals surface area contributed by atoms with Gasteiger partial charge >= 0.3 is 5.97 Å². The maximum Gasteiger partial charge on any atom is 0.339 e. The Morgan fingerprint density at radius 1 is 1.25 bits per heavy atom. The van der Waals surface area contributed by atoms with Gasteiger partial charge < -0.3 is 10.4 Å². The van der Waals surface area contributed by atoms with Crippen molar-refractivity contribution < 1.29 is 14.7 Å². The van der Waals surface area contributed by atoms with Gasteiger partial charge in [-0.05, 0) is 46.3 Å². The molecule has 5 nitrogen and oxygen atoms in total. The van der Waals surface area contributed by atoms with Crippen molar-refractivity contribution in [3.05, 3.63) is 57.2 Å². The van der Waals surface area contributed by atoms with Gasteiger partial charge in [-0.25, -0.2) is 9.78 Å². The van der Waals surface area contributed by atoms with Crippen LogP contribution in [0.4, 0.5) is 5.82 Å². The molecule has 1 amide bonds. The summed E-state index contributed by atoms with van der Waals surface area (Å²) in [5, 5.41) is 11.9. The monoisotopic (exact) mass is 354 g/mol. The van der Waals surface area contributed by atoms with E-state index in [0.29, 0.717) is 15.1 Å². The number of carbonyl (C=O) groups excluding carboxylic acids is 1. The van der Waals surface area contributed by atoms with Gasteiger partial charge in [0.2, 0.25) is 0 Å². The fourth-order valence-electron chi connectivity index (χ4n) is 1.52. The Bertz CT molecular complexity index is 691. The Balaban J connectivity index is 2.33. The van der Waals surface area contributed by atoms with Crippen LogP contribution in [0.3, 0.4) is 0 Å². The number of pyridine rings is 1. The molecule has 1 aromatic carbocycles. The first-order valence-electron chi connectivity index (χ1n) is 5.44. The quantitative estimate of drug-likeness (QED) is 0.884. The van der Waals surface area contributed by atoms with E-state index in [0.717, 1.165) is 0 Å². The summed E-state index contributed by atoms with van der Waals surface area (Å²) in [7, 11) is 0. The van der Waals surface area contributed by atoms with E-state index in [1.165, 1.54) is 24.4 Å². The molecule has 0 saturated heterocycles. The van der Waals surface area contributed by atoms with Crippen LogP contribution in [0.25, 0.3) is 0 Å². The summed E-state index contributed by atoms with van der Waals surface area (Å²) in [6.45, 7) is 0. The number of rotatable bonds is 3. The normalized spacial score (nSPS) is 10.1. The summed E-state index contributed by atoms with van der Waals surface area (Å²) in [6, 6.07) is 7.58. The zero-order chi connectivity index (χ0) is 14.7. The van der Waals surface area contributed by atoms with Crippen molar-refractivity contribution in [1.82, 2.24) is 4.98 Å². The zero-order valence-electron chi connectivity index (χ0n) is 9.93. The molecule has 0 radical (unpaired) electrons. The summed E-state index contributed by atoms with van der Waals surface area (Å²) < 4.78 is 0.548. The van der Waals surface area contributed by atoms with Crippen LogP contribution in [-0.2, 0) is 0 Å². The highest BCUT2D eigenvalue weighted by molar-refractivity contribution is 9.10. The number of hydrogen-bond donors (Lipinski definition) is 2. The van der Waals surface area contributed by atoms with Crippen LogP contribution >= 0.6 is 27.5 Å². The number of carbonyl (C=O) groups is 2. The third kappa shape index (κ3) is 3.15. The Labute approximate surface area is 127 Å². The lowest BCUT2D eigenvalue weighted by molar-refractivity contribution is 0.0697. The molecule has 2 rings (SSSR count). The van der Waals surface area contributed by atoms with Gasteiger partial charge in [-0.3, -0.25) is 4.79 Å². The molecular weight excluding hydrogens is 348 g/mol. The van der Waals surface area contributed by atoms with Crippen LogP contribution in [0.15, 0.2) is 41.0 Å². The fourth-order valence-corrected chi connectivity index (χ4v) is 2.12. The van der Waals surface area contributed by atoms with Crippen LogP contribution in [0.2, 0.25) is 5.02 Å². The molecule has 1 heterocycles. The first kappa shape index (κ1) is 14.5.